The molecular weight excluding hydrogens is 553 g/mol. The maximum absolute atomic E-state index is 16.0. The molecule has 0 spiro atoms. The summed E-state index contributed by atoms with van der Waals surface area (Å²) < 4.78 is 18.6. The molecule has 1 aliphatic carbocycles. The first-order valence-corrected chi connectivity index (χ1v) is 13.1. The summed E-state index contributed by atoms with van der Waals surface area (Å²) in [7, 11) is 0. The van der Waals surface area contributed by atoms with Crippen LogP contribution in [0.2, 0.25) is 5.02 Å². The lowest BCUT2D eigenvalue weighted by molar-refractivity contribution is -0.117. The number of ketones is 1. The molecule has 11 heteroatoms. The first-order valence-electron chi connectivity index (χ1n) is 11.9. The topological polar surface area (TPSA) is 88.5 Å². The number of benzene rings is 2. The van der Waals surface area contributed by atoms with Crippen LogP contribution in [0, 0.1) is 11.7 Å². The Hall–Kier alpha value is -2.53. The summed E-state index contributed by atoms with van der Waals surface area (Å²) in [5.74, 6) is -0.636. The van der Waals surface area contributed by atoms with E-state index in [1.54, 1.807) is 30.6 Å². The molecule has 1 aliphatic heterocycles. The van der Waals surface area contributed by atoms with Crippen LogP contribution in [0.5, 0.6) is 0 Å². The van der Waals surface area contributed by atoms with Gasteiger partial charge >= 0.3 is 0 Å². The van der Waals surface area contributed by atoms with Crippen molar-refractivity contribution in [1.29, 1.82) is 0 Å². The average molecular weight is 579 g/mol. The molecule has 2 aromatic carbocycles. The monoisotopic (exact) mass is 577 g/mol. The van der Waals surface area contributed by atoms with Crippen LogP contribution in [0.1, 0.15) is 49.1 Å². The molecule has 1 unspecified atom stereocenters. The molecule has 190 valence electrons. The summed E-state index contributed by atoms with van der Waals surface area (Å²) in [6, 6.07) is 6.74. The Bertz CT molecular complexity index is 1330. The predicted octanol–water partition coefficient (Wildman–Crippen LogP) is 5.59. The fraction of sp³-hybridized carbons (Fsp3) is 0.400. The van der Waals surface area contributed by atoms with E-state index < -0.39 is 11.7 Å². The van der Waals surface area contributed by atoms with Crippen molar-refractivity contribution in [2.75, 3.05) is 25.0 Å². The van der Waals surface area contributed by atoms with Crippen molar-refractivity contribution >= 4 is 61.6 Å². The SMILES string of the molecule is CCC(N1CCC(=O)C1)n1cnc2c(F)c(Nc3ccc(Br)cc3Cl)c(C(=O)NOCC3CC3)cc21. The molecule has 1 saturated carbocycles. The summed E-state index contributed by atoms with van der Waals surface area (Å²) in [4.78, 5) is 36.9. The number of imidazole rings is 1. The Morgan fingerprint density at radius 2 is 2.17 bits per heavy atom. The van der Waals surface area contributed by atoms with Crippen LogP contribution in [0.15, 0.2) is 35.1 Å². The Morgan fingerprint density at radius 1 is 1.36 bits per heavy atom. The van der Waals surface area contributed by atoms with Gasteiger partial charge in [-0.3, -0.25) is 19.3 Å². The molecule has 1 atom stereocenters. The van der Waals surface area contributed by atoms with Crippen LogP contribution in [-0.2, 0) is 9.63 Å². The van der Waals surface area contributed by atoms with E-state index in [4.69, 9.17) is 16.4 Å². The summed E-state index contributed by atoms with van der Waals surface area (Å²) >= 11 is 9.72. The van der Waals surface area contributed by atoms with Crippen LogP contribution in [0.25, 0.3) is 11.0 Å². The van der Waals surface area contributed by atoms with E-state index >= 15 is 4.39 Å². The van der Waals surface area contributed by atoms with Gasteiger partial charge in [0.15, 0.2) is 5.82 Å². The van der Waals surface area contributed by atoms with Crippen molar-refractivity contribution in [2.45, 2.75) is 38.8 Å². The molecule has 0 radical (unpaired) electrons. The number of anilines is 2. The molecule has 5 rings (SSSR count). The lowest BCUT2D eigenvalue weighted by atomic mass is 10.1. The van der Waals surface area contributed by atoms with Gasteiger partial charge in [0.25, 0.3) is 5.91 Å². The van der Waals surface area contributed by atoms with Crippen LogP contribution >= 0.6 is 27.5 Å². The normalized spacial score (nSPS) is 17.1. The lowest BCUT2D eigenvalue weighted by Crippen LogP contribution is -2.30. The highest BCUT2D eigenvalue weighted by Crippen LogP contribution is 2.36. The second-order valence-corrected chi connectivity index (χ2v) is 10.5. The zero-order chi connectivity index (χ0) is 25.4. The minimum Gasteiger partial charge on any atom is -0.351 e. The van der Waals surface area contributed by atoms with Crippen molar-refractivity contribution in [1.82, 2.24) is 19.9 Å². The van der Waals surface area contributed by atoms with Gasteiger partial charge in [-0.05, 0) is 49.4 Å². The molecule has 3 aromatic rings. The van der Waals surface area contributed by atoms with Crippen LogP contribution in [0.4, 0.5) is 15.8 Å². The molecule has 0 bridgehead atoms. The van der Waals surface area contributed by atoms with Crippen LogP contribution < -0.4 is 10.8 Å². The maximum atomic E-state index is 16.0. The van der Waals surface area contributed by atoms with Gasteiger partial charge in [-0.1, -0.05) is 34.5 Å². The minimum atomic E-state index is -0.676. The first kappa shape index (κ1) is 25.1. The van der Waals surface area contributed by atoms with Crippen molar-refractivity contribution < 1.29 is 18.8 Å². The molecule has 1 aromatic heterocycles. The molecule has 2 heterocycles. The van der Waals surface area contributed by atoms with E-state index in [2.05, 4.69) is 31.7 Å². The standard InChI is InChI=1S/C25H26BrClFN5O3/c1-2-21(32-8-7-16(34)11-32)33-13-29-24-20(33)10-17(25(35)31-36-12-14-3-4-14)23(22(24)28)30-19-6-5-15(26)9-18(19)27/h5-6,9-10,13-14,21,30H,2-4,7-8,11-12H2,1H3,(H,31,35). The quantitative estimate of drug-likeness (QED) is 0.322. The second kappa shape index (κ2) is 10.5. The molecule has 8 nitrogen and oxygen atoms in total. The van der Waals surface area contributed by atoms with Gasteiger partial charge in [0, 0.05) is 17.4 Å². The van der Waals surface area contributed by atoms with Gasteiger partial charge in [-0.25, -0.2) is 14.9 Å². The zero-order valence-corrected chi connectivity index (χ0v) is 22.0. The smallest absolute Gasteiger partial charge is 0.277 e. The predicted molar refractivity (Wildman–Crippen MR) is 139 cm³/mol. The Morgan fingerprint density at radius 3 is 2.83 bits per heavy atom. The number of amides is 1. The van der Waals surface area contributed by atoms with Gasteiger partial charge in [0.05, 0.1) is 53.1 Å². The third-order valence-corrected chi connectivity index (χ3v) is 7.40. The van der Waals surface area contributed by atoms with Gasteiger partial charge in [0.1, 0.15) is 11.3 Å². The molecule has 2 N–H and O–H groups in total. The average Bonchev–Trinajstić information content (AvgIpc) is 3.42. The van der Waals surface area contributed by atoms with Crippen molar-refractivity contribution in [2.24, 2.45) is 5.92 Å². The van der Waals surface area contributed by atoms with Gasteiger partial charge in [0.2, 0.25) is 0 Å². The number of halogens is 3. The minimum absolute atomic E-state index is 0.0473. The molecule has 36 heavy (non-hydrogen) atoms. The van der Waals surface area contributed by atoms with E-state index in [1.807, 2.05) is 16.4 Å². The third-order valence-electron chi connectivity index (χ3n) is 6.59. The van der Waals surface area contributed by atoms with E-state index in [0.29, 0.717) is 54.7 Å². The highest BCUT2D eigenvalue weighted by molar-refractivity contribution is 9.10. The number of nitrogens with one attached hydrogen (secondary N) is 2. The summed E-state index contributed by atoms with van der Waals surface area (Å²) in [5, 5.41) is 3.34. The molecule has 1 amide bonds. The lowest BCUT2D eigenvalue weighted by Gasteiger charge is -2.27. The summed E-state index contributed by atoms with van der Waals surface area (Å²) in [6.07, 6.45) is 4.69. The fourth-order valence-corrected chi connectivity index (χ4v) is 5.22. The third kappa shape index (κ3) is 5.13. The number of aromatic nitrogens is 2. The van der Waals surface area contributed by atoms with Crippen LogP contribution in [0.3, 0.4) is 0 Å². The van der Waals surface area contributed by atoms with E-state index in [9.17, 15) is 9.59 Å². The molecule has 2 fully saturated rings. The number of nitrogens with zero attached hydrogens (tertiary/aromatic N) is 3. The number of hydroxylamine groups is 1. The van der Waals surface area contributed by atoms with Crippen molar-refractivity contribution in [3.63, 3.8) is 0 Å². The number of carbonyl (C=O) groups excluding carboxylic acids is 2. The summed E-state index contributed by atoms with van der Waals surface area (Å²) in [6.45, 7) is 3.38. The van der Waals surface area contributed by atoms with E-state index in [0.717, 1.165) is 17.3 Å². The van der Waals surface area contributed by atoms with Gasteiger partial charge < -0.3 is 9.88 Å². The van der Waals surface area contributed by atoms with Crippen molar-refractivity contribution in [3.8, 4) is 0 Å². The van der Waals surface area contributed by atoms with Gasteiger partial charge in [-0.15, -0.1) is 0 Å². The number of carbonyl (C=O) groups is 2. The van der Waals surface area contributed by atoms with Crippen LogP contribution in [-0.4, -0.2) is 45.8 Å². The largest absolute Gasteiger partial charge is 0.351 e. The van der Waals surface area contributed by atoms with Crippen molar-refractivity contribution in [3.05, 3.63) is 51.5 Å². The maximum Gasteiger partial charge on any atom is 0.277 e. The van der Waals surface area contributed by atoms with E-state index in [-0.39, 0.29) is 28.7 Å². The second-order valence-electron chi connectivity index (χ2n) is 9.22. The Labute approximate surface area is 221 Å². The number of likely N-dealkylation sites (tertiary alicyclic amines) is 1. The van der Waals surface area contributed by atoms with Gasteiger partial charge in [-0.2, -0.15) is 0 Å². The molecule has 1 saturated heterocycles. The number of rotatable bonds is 9. The molecular formula is C25H26BrClFN5O3. The Kier molecular flexibility index (Phi) is 7.30. The molecule has 2 aliphatic rings. The van der Waals surface area contributed by atoms with E-state index in [1.165, 1.54) is 0 Å². The number of hydrogen-bond donors (Lipinski definition) is 2. The summed E-state index contributed by atoms with van der Waals surface area (Å²) in [5.41, 5.74) is 3.48. The highest BCUT2D eigenvalue weighted by atomic mass is 79.9. The zero-order valence-electron chi connectivity index (χ0n) is 19.7. The highest BCUT2D eigenvalue weighted by Gasteiger charge is 2.30. The number of fused-ring (bicyclic) bond motifs is 1. The first-order chi connectivity index (χ1) is 17.4. The fourth-order valence-electron chi connectivity index (χ4n) is 4.50. The number of hydrogen-bond acceptors (Lipinski definition) is 6. The number of Topliss-reactive ketones (excluding diaryl/α,β-unsaturated/α-hetero) is 1. The Balaban J connectivity index is 1.56.